The van der Waals surface area contributed by atoms with Gasteiger partial charge in [-0.05, 0) is 13.0 Å². The van der Waals surface area contributed by atoms with Crippen molar-refractivity contribution in [3.63, 3.8) is 0 Å². The fourth-order valence-electron chi connectivity index (χ4n) is 1.18. The van der Waals surface area contributed by atoms with Crippen LogP contribution in [0.2, 0.25) is 0 Å². The number of fused-ring (bicyclic) bond motifs is 1. The van der Waals surface area contributed by atoms with Crippen molar-refractivity contribution >= 4 is 11.5 Å². The molecule has 1 atom stereocenters. The molecule has 0 saturated heterocycles. The first-order valence-corrected chi connectivity index (χ1v) is 4.55. The molecule has 0 aliphatic heterocycles. The maximum absolute atomic E-state index is 5.63. The van der Waals surface area contributed by atoms with Crippen LogP contribution in [0.4, 0.5) is 5.82 Å². The van der Waals surface area contributed by atoms with Gasteiger partial charge in [0.05, 0.1) is 6.20 Å². The first kappa shape index (κ1) is 8.96. The zero-order valence-electron chi connectivity index (χ0n) is 8.01. The summed E-state index contributed by atoms with van der Waals surface area (Å²) in [6.07, 6.45) is 3.59. The molecular formula is C9H13N5. The van der Waals surface area contributed by atoms with Crippen LogP contribution in [0, 0.1) is 0 Å². The van der Waals surface area contributed by atoms with Gasteiger partial charge in [-0.15, -0.1) is 0 Å². The first-order chi connectivity index (χ1) is 6.75. The van der Waals surface area contributed by atoms with E-state index >= 15 is 0 Å². The van der Waals surface area contributed by atoms with Crippen molar-refractivity contribution in [3.8, 4) is 0 Å². The fraction of sp³-hybridized carbons (Fsp3) is 0.333. The summed E-state index contributed by atoms with van der Waals surface area (Å²) >= 11 is 0. The molecule has 0 radical (unpaired) electrons. The molecule has 3 N–H and O–H groups in total. The molecule has 0 spiro atoms. The Hall–Kier alpha value is -1.62. The molecule has 2 heterocycles. The Labute approximate surface area is 81.9 Å². The van der Waals surface area contributed by atoms with Crippen LogP contribution in [0.15, 0.2) is 24.5 Å². The lowest BCUT2D eigenvalue weighted by Crippen LogP contribution is -2.25. The minimum absolute atomic E-state index is 0.123. The van der Waals surface area contributed by atoms with Crippen molar-refractivity contribution in [1.29, 1.82) is 0 Å². The Kier molecular flexibility index (Phi) is 2.32. The van der Waals surface area contributed by atoms with E-state index < -0.39 is 0 Å². The van der Waals surface area contributed by atoms with Gasteiger partial charge in [0, 0.05) is 24.8 Å². The molecule has 0 aliphatic rings. The number of aromatic nitrogens is 3. The lowest BCUT2D eigenvalue weighted by atomic mass is 10.3. The van der Waals surface area contributed by atoms with Crippen LogP contribution in [-0.2, 0) is 0 Å². The minimum atomic E-state index is 0.123. The Morgan fingerprint density at radius 1 is 1.57 bits per heavy atom. The molecule has 0 aliphatic carbocycles. The average molecular weight is 191 g/mol. The van der Waals surface area contributed by atoms with E-state index in [4.69, 9.17) is 5.73 Å². The SMILES string of the molecule is CC(N)CNc1ccn2nccc2n1. The van der Waals surface area contributed by atoms with Crippen LogP contribution in [-0.4, -0.2) is 27.2 Å². The lowest BCUT2D eigenvalue weighted by molar-refractivity contribution is 0.776. The van der Waals surface area contributed by atoms with E-state index in [0.29, 0.717) is 0 Å². The smallest absolute Gasteiger partial charge is 0.157 e. The van der Waals surface area contributed by atoms with Gasteiger partial charge in [-0.1, -0.05) is 0 Å². The summed E-state index contributed by atoms with van der Waals surface area (Å²) in [5, 5.41) is 7.21. The molecule has 14 heavy (non-hydrogen) atoms. The molecule has 0 aromatic carbocycles. The number of nitrogens with two attached hydrogens (primary N) is 1. The van der Waals surface area contributed by atoms with E-state index in [2.05, 4.69) is 15.4 Å². The highest BCUT2D eigenvalue weighted by Gasteiger charge is 1.98. The zero-order valence-corrected chi connectivity index (χ0v) is 8.01. The van der Waals surface area contributed by atoms with Crippen molar-refractivity contribution in [3.05, 3.63) is 24.5 Å². The summed E-state index contributed by atoms with van der Waals surface area (Å²) < 4.78 is 1.72. The normalized spacial score (nSPS) is 13.0. The Morgan fingerprint density at radius 3 is 3.21 bits per heavy atom. The molecule has 2 rings (SSSR count). The lowest BCUT2D eigenvalue weighted by Gasteiger charge is -2.07. The number of hydrogen-bond acceptors (Lipinski definition) is 4. The van der Waals surface area contributed by atoms with Gasteiger partial charge >= 0.3 is 0 Å². The van der Waals surface area contributed by atoms with Crippen LogP contribution in [0.25, 0.3) is 5.65 Å². The summed E-state index contributed by atoms with van der Waals surface area (Å²) in [6, 6.07) is 3.86. The molecule has 0 fully saturated rings. The highest BCUT2D eigenvalue weighted by atomic mass is 15.2. The van der Waals surface area contributed by atoms with Crippen molar-refractivity contribution in [2.24, 2.45) is 5.73 Å². The highest BCUT2D eigenvalue weighted by Crippen LogP contribution is 2.05. The molecule has 5 nitrogen and oxygen atoms in total. The third kappa shape index (κ3) is 1.82. The van der Waals surface area contributed by atoms with E-state index in [1.54, 1.807) is 10.7 Å². The second-order valence-electron chi connectivity index (χ2n) is 3.30. The summed E-state index contributed by atoms with van der Waals surface area (Å²) in [6.45, 7) is 2.67. The second kappa shape index (κ2) is 3.63. The predicted molar refractivity (Wildman–Crippen MR) is 55.1 cm³/mol. The Bertz CT molecular complexity index is 420. The predicted octanol–water partition coefficient (Wildman–Crippen LogP) is 0.488. The van der Waals surface area contributed by atoms with Gasteiger partial charge in [0.25, 0.3) is 0 Å². The molecular weight excluding hydrogens is 178 g/mol. The van der Waals surface area contributed by atoms with Gasteiger partial charge in [0.15, 0.2) is 5.65 Å². The van der Waals surface area contributed by atoms with Crippen LogP contribution in [0.1, 0.15) is 6.92 Å². The molecule has 1 unspecified atom stereocenters. The molecule has 0 amide bonds. The third-order valence-corrected chi connectivity index (χ3v) is 1.86. The molecule has 0 bridgehead atoms. The molecule has 74 valence electrons. The number of hydrogen-bond donors (Lipinski definition) is 2. The van der Waals surface area contributed by atoms with Crippen LogP contribution < -0.4 is 11.1 Å². The van der Waals surface area contributed by atoms with Crippen LogP contribution >= 0.6 is 0 Å². The van der Waals surface area contributed by atoms with Gasteiger partial charge < -0.3 is 11.1 Å². The van der Waals surface area contributed by atoms with Crippen LogP contribution in [0.5, 0.6) is 0 Å². The minimum Gasteiger partial charge on any atom is -0.368 e. The number of rotatable bonds is 3. The van der Waals surface area contributed by atoms with E-state index in [-0.39, 0.29) is 6.04 Å². The second-order valence-corrected chi connectivity index (χ2v) is 3.30. The first-order valence-electron chi connectivity index (χ1n) is 4.55. The number of nitrogens with one attached hydrogen (secondary N) is 1. The average Bonchev–Trinajstić information content (AvgIpc) is 2.61. The quantitative estimate of drug-likeness (QED) is 0.740. The topological polar surface area (TPSA) is 68.2 Å². The van der Waals surface area contributed by atoms with E-state index in [1.165, 1.54) is 0 Å². The van der Waals surface area contributed by atoms with Crippen molar-refractivity contribution in [2.75, 3.05) is 11.9 Å². The maximum Gasteiger partial charge on any atom is 0.157 e. The number of nitrogens with zero attached hydrogens (tertiary/aromatic N) is 3. The van der Waals surface area contributed by atoms with E-state index in [9.17, 15) is 0 Å². The monoisotopic (exact) mass is 191 g/mol. The fourth-order valence-corrected chi connectivity index (χ4v) is 1.18. The maximum atomic E-state index is 5.63. The van der Waals surface area contributed by atoms with Gasteiger partial charge in [-0.3, -0.25) is 0 Å². The van der Waals surface area contributed by atoms with E-state index in [0.717, 1.165) is 18.0 Å². The summed E-state index contributed by atoms with van der Waals surface area (Å²) in [5.41, 5.74) is 6.46. The number of anilines is 1. The largest absolute Gasteiger partial charge is 0.368 e. The Morgan fingerprint density at radius 2 is 2.43 bits per heavy atom. The third-order valence-electron chi connectivity index (χ3n) is 1.86. The van der Waals surface area contributed by atoms with Gasteiger partial charge in [0.2, 0.25) is 0 Å². The summed E-state index contributed by atoms with van der Waals surface area (Å²) in [5.74, 6) is 0.829. The standard InChI is InChI=1S/C9H13N5/c1-7(10)6-11-8-3-5-14-9(13-8)2-4-12-14/h2-5,7H,6,10H2,1H3,(H,11,13). The van der Waals surface area contributed by atoms with Crippen LogP contribution in [0.3, 0.4) is 0 Å². The summed E-state index contributed by atoms with van der Waals surface area (Å²) in [7, 11) is 0. The summed E-state index contributed by atoms with van der Waals surface area (Å²) in [4.78, 5) is 4.34. The van der Waals surface area contributed by atoms with Gasteiger partial charge in [-0.2, -0.15) is 5.10 Å². The van der Waals surface area contributed by atoms with Gasteiger partial charge in [0.1, 0.15) is 5.82 Å². The molecule has 0 saturated carbocycles. The Balaban J connectivity index is 2.17. The molecule has 2 aromatic rings. The van der Waals surface area contributed by atoms with Gasteiger partial charge in [-0.25, -0.2) is 9.50 Å². The zero-order chi connectivity index (χ0) is 9.97. The molecule has 5 heteroatoms. The van der Waals surface area contributed by atoms with E-state index in [1.807, 2.05) is 25.3 Å². The van der Waals surface area contributed by atoms with Crippen molar-refractivity contribution in [2.45, 2.75) is 13.0 Å². The highest BCUT2D eigenvalue weighted by molar-refractivity contribution is 5.45. The molecule has 2 aromatic heterocycles. The van der Waals surface area contributed by atoms with Crippen molar-refractivity contribution in [1.82, 2.24) is 14.6 Å². The van der Waals surface area contributed by atoms with Crippen molar-refractivity contribution < 1.29 is 0 Å².